The Morgan fingerprint density at radius 2 is 1.67 bits per heavy atom. The van der Waals surface area contributed by atoms with Gasteiger partial charge >= 0.3 is 5.97 Å². The molecule has 0 saturated carbocycles. The maximum atomic E-state index is 13.2. The van der Waals surface area contributed by atoms with Gasteiger partial charge in [-0.1, -0.05) is 52.0 Å². The van der Waals surface area contributed by atoms with Crippen LogP contribution < -0.4 is 4.31 Å². The van der Waals surface area contributed by atoms with Gasteiger partial charge in [0.1, 0.15) is 0 Å². The van der Waals surface area contributed by atoms with Crippen molar-refractivity contribution in [3.63, 3.8) is 0 Å². The molecular formula is C25H32N2O5S. The molecule has 0 bridgehead atoms. The van der Waals surface area contributed by atoms with Crippen LogP contribution in [0.25, 0.3) is 0 Å². The zero-order valence-corrected chi connectivity index (χ0v) is 20.5. The van der Waals surface area contributed by atoms with Gasteiger partial charge in [0.2, 0.25) is 0 Å². The fourth-order valence-electron chi connectivity index (χ4n) is 3.93. The highest BCUT2D eigenvalue weighted by molar-refractivity contribution is 7.92. The topological polar surface area (TPSA) is 84.0 Å². The number of hydrogen-bond donors (Lipinski definition) is 0. The molecule has 1 heterocycles. The summed E-state index contributed by atoms with van der Waals surface area (Å²) in [4.78, 5) is 26.9. The van der Waals surface area contributed by atoms with E-state index in [0.29, 0.717) is 43.6 Å². The lowest BCUT2D eigenvalue weighted by atomic mass is 10.1. The number of carbonyl (C=O) groups excluding carboxylic acids is 2. The highest BCUT2D eigenvalue weighted by Gasteiger charge is 2.31. The first-order valence-corrected chi connectivity index (χ1v) is 12.7. The van der Waals surface area contributed by atoms with Crippen LogP contribution in [0.1, 0.15) is 43.6 Å². The monoisotopic (exact) mass is 472 g/mol. The Kier molecular flexibility index (Phi) is 7.79. The number of hydrogen-bond acceptors (Lipinski definition) is 5. The second-order valence-corrected chi connectivity index (χ2v) is 11.0. The number of anilines is 1. The molecule has 2 aromatic rings. The van der Waals surface area contributed by atoms with E-state index >= 15 is 0 Å². The number of esters is 1. The Labute approximate surface area is 196 Å². The van der Waals surface area contributed by atoms with Crippen molar-refractivity contribution in [2.24, 2.45) is 11.8 Å². The molecule has 8 heteroatoms. The van der Waals surface area contributed by atoms with E-state index in [-0.39, 0.29) is 23.0 Å². The van der Waals surface area contributed by atoms with Crippen LogP contribution in [0.5, 0.6) is 0 Å². The van der Waals surface area contributed by atoms with Crippen molar-refractivity contribution in [2.75, 3.05) is 30.5 Å². The molecule has 0 atom stereocenters. The summed E-state index contributed by atoms with van der Waals surface area (Å²) in [6.45, 7) is 9.24. The molecule has 0 fully saturated rings. The van der Waals surface area contributed by atoms with Crippen LogP contribution in [0.3, 0.4) is 0 Å². The number of rotatable bonds is 9. The predicted molar refractivity (Wildman–Crippen MR) is 128 cm³/mol. The van der Waals surface area contributed by atoms with E-state index in [2.05, 4.69) is 0 Å². The minimum atomic E-state index is -3.83. The number of nitrogens with zero attached hydrogens (tertiary/aromatic N) is 2. The maximum Gasteiger partial charge on any atom is 0.338 e. The maximum absolute atomic E-state index is 13.2. The molecule has 1 aliphatic heterocycles. The van der Waals surface area contributed by atoms with Gasteiger partial charge in [-0.3, -0.25) is 9.10 Å². The van der Waals surface area contributed by atoms with Crippen molar-refractivity contribution in [2.45, 2.75) is 39.0 Å². The molecule has 3 rings (SSSR count). The second kappa shape index (κ2) is 10.4. The summed E-state index contributed by atoms with van der Waals surface area (Å²) in [6.07, 6.45) is 0.641. The number of sulfonamides is 1. The summed E-state index contributed by atoms with van der Waals surface area (Å²) in [6, 6.07) is 13.2. The lowest BCUT2D eigenvalue weighted by molar-refractivity contribution is -0.135. The number of ether oxygens (including phenoxy) is 1. The predicted octanol–water partition coefficient (Wildman–Crippen LogP) is 3.74. The summed E-state index contributed by atoms with van der Waals surface area (Å²) < 4.78 is 33.1. The van der Waals surface area contributed by atoms with E-state index in [0.717, 1.165) is 5.56 Å². The SMILES string of the molecule is CC(C)CN(CC(C)C)C(=O)COC(=O)c1cccc(S(=O)(=O)N2CCc3ccccc32)c1. The van der Waals surface area contributed by atoms with Gasteiger partial charge in [-0.25, -0.2) is 13.2 Å². The van der Waals surface area contributed by atoms with Crippen molar-refractivity contribution in [3.05, 3.63) is 59.7 Å². The van der Waals surface area contributed by atoms with Crippen molar-refractivity contribution < 1.29 is 22.7 Å². The number of fused-ring (bicyclic) bond motifs is 1. The normalized spacial score (nSPS) is 13.3. The van der Waals surface area contributed by atoms with E-state index in [1.54, 1.807) is 17.0 Å². The zero-order valence-electron chi connectivity index (χ0n) is 19.7. The molecule has 1 aliphatic rings. The van der Waals surface area contributed by atoms with Crippen LogP contribution in [-0.2, 0) is 26.0 Å². The Morgan fingerprint density at radius 3 is 2.33 bits per heavy atom. The van der Waals surface area contributed by atoms with E-state index in [9.17, 15) is 18.0 Å². The van der Waals surface area contributed by atoms with Crippen LogP contribution in [-0.4, -0.2) is 51.4 Å². The Balaban J connectivity index is 1.71. The van der Waals surface area contributed by atoms with Gasteiger partial charge < -0.3 is 9.64 Å². The van der Waals surface area contributed by atoms with E-state index in [1.807, 2.05) is 39.8 Å². The minimum absolute atomic E-state index is 0.0150. The number of amides is 1. The molecule has 0 unspecified atom stereocenters. The van der Waals surface area contributed by atoms with Crippen LogP contribution in [0.15, 0.2) is 53.4 Å². The highest BCUT2D eigenvalue weighted by Crippen LogP contribution is 2.32. The van der Waals surface area contributed by atoms with Crippen molar-refractivity contribution in [1.82, 2.24) is 4.90 Å². The highest BCUT2D eigenvalue weighted by atomic mass is 32.2. The minimum Gasteiger partial charge on any atom is -0.452 e. The molecule has 0 aliphatic carbocycles. The first-order valence-electron chi connectivity index (χ1n) is 11.2. The van der Waals surface area contributed by atoms with Gasteiger partial charge in [0.15, 0.2) is 6.61 Å². The largest absolute Gasteiger partial charge is 0.452 e. The lowest BCUT2D eigenvalue weighted by Gasteiger charge is -2.26. The number of para-hydroxylation sites is 1. The zero-order chi connectivity index (χ0) is 24.2. The Morgan fingerprint density at radius 1 is 1.00 bits per heavy atom. The van der Waals surface area contributed by atoms with Gasteiger partial charge in [-0.2, -0.15) is 0 Å². The average molecular weight is 473 g/mol. The third kappa shape index (κ3) is 5.93. The third-order valence-electron chi connectivity index (χ3n) is 5.35. The van der Waals surface area contributed by atoms with Crippen molar-refractivity contribution >= 4 is 27.6 Å². The molecular weight excluding hydrogens is 440 g/mol. The molecule has 2 aromatic carbocycles. The van der Waals surface area contributed by atoms with Gasteiger partial charge in [0, 0.05) is 19.6 Å². The van der Waals surface area contributed by atoms with Gasteiger partial charge in [-0.15, -0.1) is 0 Å². The van der Waals surface area contributed by atoms with Crippen LogP contribution in [0.4, 0.5) is 5.69 Å². The summed E-state index contributed by atoms with van der Waals surface area (Å²) in [7, 11) is -3.83. The van der Waals surface area contributed by atoms with Crippen molar-refractivity contribution in [1.29, 1.82) is 0 Å². The number of carbonyl (C=O) groups is 2. The molecule has 0 radical (unpaired) electrons. The van der Waals surface area contributed by atoms with Gasteiger partial charge in [0.25, 0.3) is 15.9 Å². The Hall–Kier alpha value is -2.87. The average Bonchev–Trinajstić information content (AvgIpc) is 3.21. The molecule has 0 saturated heterocycles. The van der Waals surface area contributed by atoms with Crippen molar-refractivity contribution in [3.8, 4) is 0 Å². The molecule has 1 amide bonds. The Bertz CT molecular complexity index is 1100. The van der Waals surface area contributed by atoms with E-state index in [1.165, 1.54) is 28.6 Å². The van der Waals surface area contributed by atoms with Crippen LogP contribution in [0, 0.1) is 11.8 Å². The summed E-state index contributed by atoms with van der Waals surface area (Å²) in [5.74, 6) is -0.401. The van der Waals surface area contributed by atoms with Crippen LogP contribution >= 0.6 is 0 Å². The van der Waals surface area contributed by atoms with Gasteiger partial charge in [-0.05, 0) is 48.1 Å². The van der Waals surface area contributed by atoms with E-state index in [4.69, 9.17) is 4.74 Å². The van der Waals surface area contributed by atoms with E-state index < -0.39 is 16.0 Å². The molecule has 178 valence electrons. The smallest absolute Gasteiger partial charge is 0.338 e. The summed E-state index contributed by atoms with van der Waals surface area (Å²) in [5.41, 5.74) is 1.73. The fraction of sp³-hybridized carbons (Fsp3) is 0.440. The summed E-state index contributed by atoms with van der Waals surface area (Å²) >= 11 is 0. The molecule has 0 N–H and O–H groups in total. The lowest BCUT2D eigenvalue weighted by Crippen LogP contribution is -2.39. The third-order valence-corrected chi connectivity index (χ3v) is 7.16. The number of benzene rings is 2. The molecule has 7 nitrogen and oxygen atoms in total. The molecule has 33 heavy (non-hydrogen) atoms. The van der Waals surface area contributed by atoms with Crippen LogP contribution in [0.2, 0.25) is 0 Å². The quantitative estimate of drug-likeness (QED) is 0.519. The molecule has 0 aromatic heterocycles. The molecule has 0 spiro atoms. The standard InChI is InChI=1S/C25H32N2O5S/c1-18(2)15-26(16-19(3)4)24(28)17-32-25(29)21-9-7-10-22(14-21)33(30,31)27-13-12-20-8-5-6-11-23(20)27/h5-11,14,18-19H,12-13,15-17H2,1-4H3. The first kappa shape index (κ1) is 24.8. The van der Waals surface area contributed by atoms with Gasteiger partial charge in [0.05, 0.1) is 16.1 Å². The first-order chi connectivity index (χ1) is 15.6. The fourth-order valence-corrected chi connectivity index (χ4v) is 5.48. The second-order valence-electron chi connectivity index (χ2n) is 9.15. The summed E-state index contributed by atoms with van der Waals surface area (Å²) in [5, 5.41) is 0.